The molecule has 92 valence electrons. The fourth-order valence-corrected chi connectivity index (χ4v) is 2.87. The van der Waals surface area contributed by atoms with Gasteiger partial charge in [-0.3, -0.25) is 0 Å². The van der Waals surface area contributed by atoms with Gasteiger partial charge in [-0.25, -0.2) is 4.39 Å². The summed E-state index contributed by atoms with van der Waals surface area (Å²) in [6.07, 6.45) is 0.588. The van der Waals surface area contributed by atoms with Gasteiger partial charge in [0.2, 0.25) is 0 Å². The maximum absolute atomic E-state index is 12.7. The molecule has 2 N–H and O–H groups in total. The number of fused-ring (bicyclic) bond motifs is 2. The molecule has 0 aliphatic carbocycles. The van der Waals surface area contributed by atoms with Crippen molar-refractivity contribution in [1.29, 1.82) is 0 Å². The van der Waals surface area contributed by atoms with Crippen molar-refractivity contribution in [2.24, 2.45) is 0 Å². The molecule has 0 amide bonds. The lowest BCUT2D eigenvalue weighted by Crippen LogP contribution is -2.48. The van der Waals surface area contributed by atoms with Crippen molar-refractivity contribution in [3.63, 3.8) is 0 Å². The van der Waals surface area contributed by atoms with Gasteiger partial charge in [-0.05, 0) is 32.1 Å². The van der Waals surface area contributed by atoms with Crippen LogP contribution in [0, 0.1) is 0 Å². The van der Waals surface area contributed by atoms with Gasteiger partial charge in [-0.15, -0.1) is 0 Å². The lowest BCUT2D eigenvalue weighted by Gasteiger charge is -2.37. The predicted molar refractivity (Wildman–Crippen MR) is 53.7 cm³/mol. The number of halogens is 3. The third-order valence-corrected chi connectivity index (χ3v) is 3.60. The van der Waals surface area contributed by atoms with Crippen molar-refractivity contribution in [3.8, 4) is 0 Å². The van der Waals surface area contributed by atoms with E-state index < -0.39 is 17.5 Å². The number of hydrogen-bond donors (Lipinski definition) is 2. The van der Waals surface area contributed by atoms with Crippen molar-refractivity contribution in [1.82, 2.24) is 5.32 Å². The largest absolute Gasteiger partial charge is 0.390 e. The van der Waals surface area contributed by atoms with E-state index in [4.69, 9.17) is 0 Å². The predicted octanol–water partition coefficient (Wildman–Crippen LogP) is 2.49. The fraction of sp³-hybridized carbons (Fsp3) is 0.818. The molecule has 2 nitrogen and oxygen atoms in total. The van der Waals surface area contributed by atoms with Crippen LogP contribution in [0.25, 0.3) is 0 Å². The Bertz CT molecular complexity index is 290. The summed E-state index contributed by atoms with van der Waals surface area (Å²) in [5.74, 6) is -1.39. The van der Waals surface area contributed by atoms with Gasteiger partial charge < -0.3 is 10.4 Å². The van der Waals surface area contributed by atoms with E-state index in [9.17, 15) is 18.3 Å². The maximum atomic E-state index is 12.7. The van der Waals surface area contributed by atoms with Crippen LogP contribution < -0.4 is 5.32 Å². The van der Waals surface area contributed by atoms with Crippen LogP contribution >= 0.6 is 0 Å². The van der Waals surface area contributed by atoms with E-state index in [2.05, 4.69) is 5.32 Å². The Balaban J connectivity index is 1.91. The van der Waals surface area contributed by atoms with Crippen molar-refractivity contribution < 1.29 is 18.3 Å². The van der Waals surface area contributed by atoms with Crippen LogP contribution in [-0.4, -0.2) is 22.8 Å². The highest BCUT2D eigenvalue weighted by Crippen LogP contribution is 2.37. The first-order valence-corrected chi connectivity index (χ1v) is 5.67. The highest BCUT2D eigenvalue weighted by molar-refractivity contribution is 5.02. The molecule has 0 spiro atoms. The molecule has 2 saturated heterocycles. The van der Waals surface area contributed by atoms with Gasteiger partial charge in [0.15, 0.2) is 5.83 Å². The van der Waals surface area contributed by atoms with Gasteiger partial charge in [0, 0.05) is 18.5 Å². The third kappa shape index (κ3) is 2.58. The molecule has 0 saturated carbocycles. The van der Waals surface area contributed by atoms with Crippen molar-refractivity contribution in [2.75, 3.05) is 0 Å². The van der Waals surface area contributed by atoms with Crippen LogP contribution in [0.2, 0.25) is 0 Å². The average Bonchev–Trinajstić information content (AvgIpc) is 2.55. The zero-order valence-corrected chi connectivity index (χ0v) is 8.98. The Morgan fingerprint density at radius 1 is 1.19 bits per heavy atom. The smallest absolute Gasteiger partial charge is 0.301 e. The summed E-state index contributed by atoms with van der Waals surface area (Å²) in [6.45, 7) is 0. The number of allylic oxidation sites excluding steroid dienone is 1. The van der Waals surface area contributed by atoms with E-state index in [1.165, 1.54) is 0 Å². The van der Waals surface area contributed by atoms with Crippen LogP contribution in [0.4, 0.5) is 13.2 Å². The first kappa shape index (κ1) is 11.9. The van der Waals surface area contributed by atoms with Gasteiger partial charge >= 0.3 is 6.08 Å². The molecule has 2 aliphatic heterocycles. The second-order valence-corrected chi connectivity index (χ2v) is 4.94. The van der Waals surface area contributed by atoms with E-state index >= 15 is 0 Å². The minimum absolute atomic E-state index is 0.0881. The topological polar surface area (TPSA) is 32.3 Å². The van der Waals surface area contributed by atoms with Crippen LogP contribution in [0.5, 0.6) is 0 Å². The molecule has 0 aromatic rings. The minimum Gasteiger partial charge on any atom is -0.390 e. The fourth-order valence-electron chi connectivity index (χ4n) is 2.87. The standard InChI is InChI=1S/C11H16F3NO/c12-9(10(13)14)3-4-11(16)5-7-1-2-8(6-11)15-7/h7-8,15-16H,1-6H2. The maximum Gasteiger partial charge on any atom is 0.301 e. The average molecular weight is 235 g/mol. The normalized spacial score (nSPS) is 37.5. The first-order chi connectivity index (χ1) is 7.48. The summed E-state index contributed by atoms with van der Waals surface area (Å²) in [5.41, 5.74) is -0.968. The first-order valence-electron chi connectivity index (χ1n) is 5.67. The van der Waals surface area contributed by atoms with Gasteiger partial charge in [0.05, 0.1) is 5.60 Å². The molecule has 2 heterocycles. The third-order valence-electron chi connectivity index (χ3n) is 3.60. The van der Waals surface area contributed by atoms with E-state index in [-0.39, 0.29) is 24.9 Å². The van der Waals surface area contributed by atoms with E-state index in [1.807, 2.05) is 0 Å². The molecule has 0 aromatic carbocycles. The van der Waals surface area contributed by atoms with Crippen molar-refractivity contribution in [3.05, 3.63) is 11.9 Å². The summed E-state index contributed by atoms with van der Waals surface area (Å²) in [6, 6.07) is 0.539. The van der Waals surface area contributed by atoms with Gasteiger partial charge in [0.25, 0.3) is 0 Å². The van der Waals surface area contributed by atoms with Gasteiger partial charge in [-0.1, -0.05) is 0 Å². The second kappa shape index (κ2) is 4.37. The SMILES string of the molecule is OC1(CCC(F)=C(F)F)CC2CCC(C1)N2. The molecule has 2 bridgehead atoms. The Morgan fingerprint density at radius 3 is 2.25 bits per heavy atom. The van der Waals surface area contributed by atoms with Gasteiger partial charge in [0.1, 0.15) is 0 Å². The molecule has 2 aliphatic rings. The Morgan fingerprint density at radius 2 is 1.75 bits per heavy atom. The van der Waals surface area contributed by atoms with E-state index in [0.717, 1.165) is 12.8 Å². The summed E-state index contributed by atoms with van der Waals surface area (Å²) >= 11 is 0. The molecular weight excluding hydrogens is 219 g/mol. The molecule has 5 heteroatoms. The van der Waals surface area contributed by atoms with Crippen LogP contribution in [0.3, 0.4) is 0 Å². The van der Waals surface area contributed by atoms with Crippen LogP contribution in [0.1, 0.15) is 38.5 Å². The highest BCUT2D eigenvalue weighted by Gasteiger charge is 2.42. The van der Waals surface area contributed by atoms with Crippen LogP contribution in [-0.2, 0) is 0 Å². The zero-order chi connectivity index (χ0) is 11.8. The van der Waals surface area contributed by atoms with Crippen molar-refractivity contribution in [2.45, 2.75) is 56.2 Å². The number of aliphatic hydroxyl groups is 1. The summed E-state index contributed by atoms with van der Waals surface area (Å²) in [5, 5.41) is 13.6. The number of nitrogens with one attached hydrogen (secondary N) is 1. The molecular formula is C11H16F3NO. The number of hydrogen-bond acceptors (Lipinski definition) is 2. The van der Waals surface area contributed by atoms with Crippen LogP contribution in [0.15, 0.2) is 11.9 Å². The van der Waals surface area contributed by atoms with E-state index in [0.29, 0.717) is 12.8 Å². The second-order valence-electron chi connectivity index (χ2n) is 4.94. The Labute approximate surface area is 92.5 Å². The minimum atomic E-state index is -2.26. The summed E-state index contributed by atoms with van der Waals surface area (Å²) < 4.78 is 36.4. The molecule has 16 heavy (non-hydrogen) atoms. The van der Waals surface area contributed by atoms with Crippen molar-refractivity contribution >= 4 is 0 Å². The molecule has 0 radical (unpaired) electrons. The quantitative estimate of drug-likeness (QED) is 0.787. The molecule has 2 rings (SSSR count). The molecule has 2 fully saturated rings. The van der Waals surface area contributed by atoms with E-state index in [1.54, 1.807) is 0 Å². The zero-order valence-electron chi connectivity index (χ0n) is 8.98. The lowest BCUT2D eigenvalue weighted by molar-refractivity contribution is -0.0149. The summed E-state index contributed by atoms with van der Waals surface area (Å²) in [4.78, 5) is 0. The molecule has 0 aromatic heterocycles. The highest BCUT2D eigenvalue weighted by atomic mass is 19.3. The lowest BCUT2D eigenvalue weighted by atomic mass is 9.83. The molecule has 2 unspecified atom stereocenters. The monoisotopic (exact) mass is 235 g/mol. The Hall–Kier alpha value is -0.550. The number of rotatable bonds is 3. The summed E-state index contributed by atoms with van der Waals surface area (Å²) in [7, 11) is 0. The molecule has 2 atom stereocenters. The van der Waals surface area contributed by atoms with Gasteiger partial charge in [-0.2, -0.15) is 8.78 Å². The Kier molecular flexibility index (Phi) is 3.26. The number of piperidine rings is 1.